The van der Waals surface area contributed by atoms with E-state index in [1.807, 2.05) is 24.5 Å². The average Bonchev–Trinajstić information content (AvgIpc) is 2.39. The van der Waals surface area contributed by atoms with Gasteiger partial charge in [-0.15, -0.1) is 0 Å². The van der Waals surface area contributed by atoms with Gasteiger partial charge < -0.3 is 0 Å². The summed E-state index contributed by atoms with van der Waals surface area (Å²) in [6.45, 7) is 0. The number of benzene rings is 1. The Morgan fingerprint density at radius 2 is 2.11 bits per heavy atom. The van der Waals surface area contributed by atoms with Crippen molar-refractivity contribution in [2.75, 3.05) is 0 Å². The van der Waals surface area contributed by atoms with Crippen LogP contribution in [-0.2, 0) is 6.42 Å². The third-order valence-corrected chi connectivity index (χ3v) is 3.68. The summed E-state index contributed by atoms with van der Waals surface area (Å²) in [4.78, 5) is 4.29. The van der Waals surface area contributed by atoms with Gasteiger partial charge in [-0.3, -0.25) is 4.98 Å². The number of hydrogen-bond acceptors (Lipinski definition) is 1. The molecule has 2 heteroatoms. The second-order valence-electron chi connectivity index (χ2n) is 5.02. The first kappa shape index (κ1) is 11.4. The van der Waals surface area contributed by atoms with E-state index in [1.165, 1.54) is 16.3 Å². The van der Waals surface area contributed by atoms with E-state index in [0.717, 1.165) is 19.3 Å². The van der Waals surface area contributed by atoms with Crippen LogP contribution in [0.4, 0.5) is 4.39 Å². The van der Waals surface area contributed by atoms with Crippen LogP contribution in [0.15, 0.2) is 48.6 Å². The maximum atomic E-state index is 13.3. The zero-order valence-corrected chi connectivity index (χ0v) is 10.3. The minimum Gasteiger partial charge on any atom is -0.264 e. The van der Waals surface area contributed by atoms with Crippen LogP contribution in [-0.4, -0.2) is 4.98 Å². The van der Waals surface area contributed by atoms with E-state index >= 15 is 0 Å². The lowest BCUT2D eigenvalue weighted by Crippen LogP contribution is -2.09. The first-order chi connectivity index (χ1) is 8.83. The Morgan fingerprint density at radius 3 is 3.00 bits per heavy atom. The second-order valence-corrected chi connectivity index (χ2v) is 5.02. The SMILES string of the molecule is FC1=CCCC(Cc2cncc3ccccc23)C1. The topological polar surface area (TPSA) is 12.9 Å². The Kier molecular flexibility index (Phi) is 3.09. The molecule has 1 aromatic carbocycles. The molecule has 0 N–H and O–H groups in total. The molecule has 0 saturated heterocycles. The van der Waals surface area contributed by atoms with Crippen molar-refractivity contribution >= 4 is 10.8 Å². The largest absolute Gasteiger partial charge is 0.264 e. The summed E-state index contributed by atoms with van der Waals surface area (Å²) in [5, 5.41) is 2.42. The van der Waals surface area contributed by atoms with E-state index in [1.54, 1.807) is 6.08 Å². The molecule has 0 radical (unpaired) electrons. The zero-order chi connectivity index (χ0) is 12.4. The van der Waals surface area contributed by atoms with Crippen LogP contribution in [0.5, 0.6) is 0 Å². The zero-order valence-electron chi connectivity index (χ0n) is 10.3. The van der Waals surface area contributed by atoms with Gasteiger partial charge in [0.2, 0.25) is 0 Å². The predicted molar refractivity (Wildman–Crippen MR) is 72.0 cm³/mol. The van der Waals surface area contributed by atoms with Crippen LogP contribution in [0.25, 0.3) is 10.8 Å². The van der Waals surface area contributed by atoms with E-state index in [-0.39, 0.29) is 5.83 Å². The first-order valence-corrected chi connectivity index (χ1v) is 6.49. The Labute approximate surface area is 106 Å². The molecule has 1 atom stereocenters. The summed E-state index contributed by atoms with van der Waals surface area (Å²) in [6.07, 6.45) is 9.00. The number of allylic oxidation sites excluding steroid dienone is 2. The molecule has 0 saturated carbocycles. The highest BCUT2D eigenvalue weighted by molar-refractivity contribution is 5.84. The van der Waals surface area contributed by atoms with Crippen molar-refractivity contribution in [1.29, 1.82) is 0 Å². The summed E-state index contributed by atoms with van der Waals surface area (Å²) >= 11 is 0. The number of hydrogen-bond donors (Lipinski definition) is 0. The Bertz CT molecular complexity index is 583. The first-order valence-electron chi connectivity index (χ1n) is 6.49. The molecule has 1 aliphatic carbocycles. The van der Waals surface area contributed by atoms with Crippen molar-refractivity contribution in [2.45, 2.75) is 25.7 Å². The number of nitrogens with zero attached hydrogens (tertiary/aromatic N) is 1. The minimum absolute atomic E-state index is 0.0550. The Morgan fingerprint density at radius 1 is 1.22 bits per heavy atom. The van der Waals surface area contributed by atoms with Gasteiger partial charge in [0.1, 0.15) is 0 Å². The summed E-state index contributed by atoms with van der Waals surface area (Å²) in [7, 11) is 0. The molecule has 1 nitrogen and oxygen atoms in total. The van der Waals surface area contributed by atoms with Crippen molar-refractivity contribution in [2.24, 2.45) is 5.92 Å². The summed E-state index contributed by atoms with van der Waals surface area (Å²) in [5.74, 6) is 0.474. The summed E-state index contributed by atoms with van der Waals surface area (Å²) in [5.41, 5.74) is 1.24. The molecule has 2 aromatic rings. The van der Waals surface area contributed by atoms with Gasteiger partial charge in [-0.2, -0.15) is 0 Å². The Hall–Kier alpha value is -1.70. The maximum Gasteiger partial charge on any atom is 0.0962 e. The highest BCUT2D eigenvalue weighted by Crippen LogP contribution is 2.29. The lowest BCUT2D eigenvalue weighted by molar-refractivity contribution is 0.407. The fraction of sp³-hybridized carbons (Fsp3) is 0.312. The normalized spacial score (nSPS) is 19.8. The Balaban J connectivity index is 1.89. The molecule has 0 amide bonds. The molecular formula is C16H16FN. The van der Waals surface area contributed by atoms with E-state index < -0.39 is 0 Å². The molecule has 1 aromatic heterocycles. The molecule has 0 aliphatic heterocycles. The number of aromatic nitrogens is 1. The van der Waals surface area contributed by atoms with E-state index in [2.05, 4.69) is 17.1 Å². The minimum atomic E-state index is 0.0550. The van der Waals surface area contributed by atoms with Gasteiger partial charge in [0.15, 0.2) is 0 Å². The lowest BCUT2D eigenvalue weighted by atomic mass is 9.87. The van der Waals surface area contributed by atoms with Gasteiger partial charge in [0.25, 0.3) is 0 Å². The van der Waals surface area contributed by atoms with Gasteiger partial charge in [0.05, 0.1) is 5.83 Å². The molecule has 3 rings (SSSR count). The molecule has 0 spiro atoms. The van der Waals surface area contributed by atoms with Crippen LogP contribution in [0, 0.1) is 5.92 Å². The van der Waals surface area contributed by atoms with Crippen molar-refractivity contribution < 1.29 is 4.39 Å². The van der Waals surface area contributed by atoms with Crippen molar-refractivity contribution in [3.8, 4) is 0 Å². The van der Waals surface area contributed by atoms with Crippen molar-refractivity contribution in [1.82, 2.24) is 4.98 Å². The molecule has 18 heavy (non-hydrogen) atoms. The maximum absolute atomic E-state index is 13.3. The van der Waals surface area contributed by atoms with Crippen molar-refractivity contribution in [3.63, 3.8) is 0 Å². The summed E-state index contributed by atoms with van der Waals surface area (Å²) < 4.78 is 13.3. The number of halogens is 1. The van der Waals surface area contributed by atoms with Crippen LogP contribution >= 0.6 is 0 Å². The van der Waals surface area contributed by atoms with Crippen LogP contribution in [0.3, 0.4) is 0 Å². The van der Waals surface area contributed by atoms with Gasteiger partial charge in [0, 0.05) is 24.2 Å². The number of pyridine rings is 1. The molecule has 1 heterocycles. The third-order valence-electron chi connectivity index (χ3n) is 3.68. The highest BCUT2D eigenvalue weighted by atomic mass is 19.1. The predicted octanol–water partition coefficient (Wildman–Crippen LogP) is 4.43. The molecule has 0 bridgehead atoms. The number of fused-ring (bicyclic) bond motifs is 1. The van der Waals surface area contributed by atoms with Crippen LogP contribution < -0.4 is 0 Å². The molecule has 1 aliphatic rings. The van der Waals surface area contributed by atoms with Crippen LogP contribution in [0.1, 0.15) is 24.8 Å². The smallest absolute Gasteiger partial charge is 0.0962 e. The average molecular weight is 241 g/mol. The van der Waals surface area contributed by atoms with Gasteiger partial charge in [-0.25, -0.2) is 4.39 Å². The standard InChI is InChI=1S/C16H16FN/c17-15-6-3-4-12(9-15)8-14-11-18-10-13-5-1-2-7-16(13)14/h1-2,5-7,10-12H,3-4,8-9H2. The van der Waals surface area contributed by atoms with Gasteiger partial charge in [-0.05, 0) is 36.1 Å². The summed E-state index contributed by atoms with van der Waals surface area (Å²) in [6, 6.07) is 8.28. The monoisotopic (exact) mass is 241 g/mol. The van der Waals surface area contributed by atoms with E-state index in [9.17, 15) is 4.39 Å². The third kappa shape index (κ3) is 2.28. The molecule has 0 fully saturated rings. The lowest BCUT2D eigenvalue weighted by Gasteiger charge is -2.19. The van der Waals surface area contributed by atoms with Gasteiger partial charge >= 0.3 is 0 Å². The van der Waals surface area contributed by atoms with Crippen molar-refractivity contribution in [3.05, 3.63) is 54.1 Å². The van der Waals surface area contributed by atoms with E-state index in [0.29, 0.717) is 12.3 Å². The molecule has 92 valence electrons. The quantitative estimate of drug-likeness (QED) is 0.758. The fourth-order valence-corrected chi connectivity index (χ4v) is 2.76. The fourth-order valence-electron chi connectivity index (χ4n) is 2.76. The number of rotatable bonds is 2. The second kappa shape index (κ2) is 4.89. The van der Waals surface area contributed by atoms with Gasteiger partial charge in [-0.1, -0.05) is 30.3 Å². The molecule has 1 unspecified atom stereocenters. The van der Waals surface area contributed by atoms with Crippen LogP contribution in [0.2, 0.25) is 0 Å². The highest BCUT2D eigenvalue weighted by Gasteiger charge is 2.17. The van der Waals surface area contributed by atoms with E-state index in [4.69, 9.17) is 0 Å². The molecular weight excluding hydrogens is 225 g/mol.